The Morgan fingerprint density at radius 3 is 2.39 bits per heavy atom. The Morgan fingerprint density at radius 1 is 0.889 bits per heavy atom. The van der Waals surface area contributed by atoms with Crippen molar-refractivity contribution in [2.75, 3.05) is 0 Å². The molecule has 3 rings (SSSR count). The quantitative estimate of drug-likeness (QED) is 0.682. The van der Waals surface area contributed by atoms with Gasteiger partial charge in [0, 0.05) is 5.56 Å². The third-order valence-corrected chi connectivity index (χ3v) is 2.89. The van der Waals surface area contributed by atoms with Crippen LogP contribution in [0.25, 0.3) is 17.1 Å². The van der Waals surface area contributed by atoms with Crippen molar-refractivity contribution in [2.24, 2.45) is 0 Å². The molecule has 3 heteroatoms. The molecule has 0 amide bonds. The monoisotopic (exact) mass is 235 g/mol. The molecule has 1 heterocycles. The van der Waals surface area contributed by atoms with Crippen molar-refractivity contribution < 1.29 is 0 Å². The summed E-state index contributed by atoms with van der Waals surface area (Å²) in [6.45, 7) is 2.07. The van der Waals surface area contributed by atoms with Crippen molar-refractivity contribution >= 4 is 0 Å². The fraction of sp³-hybridized carbons (Fsp3) is 0.0667. The molecule has 0 aliphatic carbocycles. The summed E-state index contributed by atoms with van der Waals surface area (Å²) >= 11 is 0. The summed E-state index contributed by atoms with van der Waals surface area (Å²) in [4.78, 5) is 4.36. The van der Waals surface area contributed by atoms with Crippen LogP contribution in [0.3, 0.4) is 0 Å². The first-order valence-electron chi connectivity index (χ1n) is 5.88. The van der Waals surface area contributed by atoms with E-state index in [2.05, 4.69) is 23.1 Å². The highest BCUT2D eigenvalue weighted by Gasteiger charge is 2.06. The molecule has 0 saturated heterocycles. The second kappa shape index (κ2) is 4.45. The average molecular weight is 235 g/mol. The van der Waals surface area contributed by atoms with E-state index in [1.54, 1.807) is 6.33 Å². The highest BCUT2D eigenvalue weighted by atomic mass is 15.3. The maximum atomic E-state index is 4.52. The van der Waals surface area contributed by atoms with Crippen molar-refractivity contribution in [3.8, 4) is 17.1 Å². The number of aryl methyl sites for hydroxylation is 1. The van der Waals surface area contributed by atoms with Crippen LogP contribution in [0.15, 0.2) is 60.9 Å². The van der Waals surface area contributed by atoms with Crippen LogP contribution in [0.1, 0.15) is 5.56 Å². The van der Waals surface area contributed by atoms with Crippen LogP contribution in [0.4, 0.5) is 0 Å². The highest BCUT2D eigenvalue weighted by Crippen LogP contribution is 2.16. The van der Waals surface area contributed by atoms with Gasteiger partial charge in [0.1, 0.15) is 6.33 Å². The zero-order chi connectivity index (χ0) is 12.4. The molecule has 0 fully saturated rings. The molecule has 1 aromatic heterocycles. The van der Waals surface area contributed by atoms with Crippen molar-refractivity contribution in [1.82, 2.24) is 14.8 Å². The predicted molar refractivity (Wildman–Crippen MR) is 71.5 cm³/mol. The van der Waals surface area contributed by atoms with Gasteiger partial charge in [0.2, 0.25) is 0 Å². The number of para-hydroxylation sites is 1. The molecule has 0 aliphatic heterocycles. The standard InChI is InChI=1S/C15H13N3/c1-12-7-5-6-10-14(12)18-11-16-15(17-18)13-8-3-2-4-9-13/h2-11H,1H3. The number of hydrogen-bond donors (Lipinski definition) is 0. The third kappa shape index (κ3) is 1.91. The molecule has 0 spiro atoms. The number of nitrogens with zero attached hydrogens (tertiary/aromatic N) is 3. The number of benzene rings is 2. The number of hydrogen-bond acceptors (Lipinski definition) is 2. The second-order valence-corrected chi connectivity index (χ2v) is 4.17. The van der Waals surface area contributed by atoms with E-state index in [1.807, 2.05) is 53.2 Å². The third-order valence-electron chi connectivity index (χ3n) is 2.89. The average Bonchev–Trinajstić information content (AvgIpc) is 2.90. The van der Waals surface area contributed by atoms with E-state index in [9.17, 15) is 0 Å². The molecule has 0 atom stereocenters. The Hall–Kier alpha value is -2.42. The summed E-state index contributed by atoms with van der Waals surface area (Å²) < 4.78 is 1.82. The van der Waals surface area contributed by atoms with Crippen LogP contribution in [0, 0.1) is 6.92 Å². The number of aromatic nitrogens is 3. The Balaban J connectivity index is 2.03. The molecule has 18 heavy (non-hydrogen) atoms. The van der Waals surface area contributed by atoms with Crippen LogP contribution in [0.2, 0.25) is 0 Å². The van der Waals surface area contributed by atoms with Gasteiger partial charge in [-0.1, -0.05) is 48.5 Å². The van der Waals surface area contributed by atoms with Crippen LogP contribution in [-0.2, 0) is 0 Å². The van der Waals surface area contributed by atoms with E-state index in [4.69, 9.17) is 0 Å². The van der Waals surface area contributed by atoms with Gasteiger partial charge in [-0.25, -0.2) is 9.67 Å². The lowest BCUT2D eigenvalue weighted by Crippen LogP contribution is -1.97. The largest absolute Gasteiger partial charge is 0.220 e. The topological polar surface area (TPSA) is 30.7 Å². The molecule has 88 valence electrons. The van der Waals surface area contributed by atoms with E-state index in [0.29, 0.717) is 0 Å². The van der Waals surface area contributed by atoms with E-state index >= 15 is 0 Å². The fourth-order valence-corrected chi connectivity index (χ4v) is 1.92. The maximum Gasteiger partial charge on any atom is 0.181 e. The minimum Gasteiger partial charge on any atom is -0.220 e. The van der Waals surface area contributed by atoms with Crippen molar-refractivity contribution in [2.45, 2.75) is 6.92 Å². The molecule has 3 nitrogen and oxygen atoms in total. The molecule has 3 aromatic rings. The predicted octanol–water partition coefficient (Wildman–Crippen LogP) is 3.24. The SMILES string of the molecule is Cc1ccccc1-n1cnc(-c2ccccc2)n1. The first-order chi connectivity index (χ1) is 8.84. The van der Waals surface area contributed by atoms with Crippen LogP contribution < -0.4 is 0 Å². The van der Waals surface area contributed by atoms with Crippen LogP contribution >= 0.6 is 0 Å². The molecule has 0 aliphatic rings. The van der Waals surface area contributed by atoms with E-state index in [0.717, 1.165) is 17.1 Å². The van der Waals surface area contributed by atoms with Gasteiger partial charge >= 0.3 is 0 Å². The second-order valence-electron chi connectivity index (χ2n) is 4.17. The number of rotatable bonds is 2. The first-order valence-corrected chi connectivity index (χ1v) is 5.88. The summed E-state index contributed by atoms with van der Waals surface area (Å²) in [6, 6.07) is 18.1. The van der Waals surface area contributed by atoms with Gasteiger partial charge in [0.15, 0.2) is 5.82 Å². The Labute approximate surface area is 106 Å². The van der Waals surface area contributed by atoms with E-state index < -0.39 is 0 Å². The van der Waals surface area contributed by atoms with Gasteiger partial charge in [0.05, 0.1) is 5.69 Å². The molecule has 0 radical (unpaired) electrons. The lowest BCUT2D eigenvalue weighted by molar-refractivity contribution is 0.874. The lowest BCUT2D eigenvalue weighted by atomic mass is 10.2. The minimum atomic E-state index is 0.749. The Kier molecular flexibility index (Phi) is 2.65. The summed E-state index contributed by atoms with van der Waals surface area (Å²) in [5.41, 5.74) is 3.28. The molecule has 0 unspecified atom stereocenters. The van der Waals surface area contributed by atoms with E-state index in [-0.39, 0.29) is 0 Å². The van der Waals surface area contributed by atoms with Gasteiger partial charge < -0.3 is 0 Å². The molecule has 0 bridgehead atoms. The van der Waals surface area contributed by atoms with Crippen LogP contribution in [-0.4, -0.2) is 14.8 Å². The van der Waals surface area contributed by atoms with E-state index in [1.165, 1.54) is 5.56 Å². The minimum absolute atomic E-state index is 0.749. The lowest BCUT2D eigenvalue weighted by Gasteiger charge is -2.03. The molecule has 0 saturated carbocycles. The Morgan fingerprint density at radius 2 is 1.61 bits per heavy atom. The highest BCUT2D eigenvalue weighted by molar-refractivity contribution is 5.54. The first kappa shape index (κ1) is 10.7. The molecule has 2 aromatic carbocycles. The van der Waals surface area contributed by atoms with Gasteiger partial charge in [-0.15, -0.1) is 5.10 Å². The normalized spacial score (nSPS) is 10.5. The fourth-order valence-electron chi connectivity index (χ4n) is 1.92. The van der Waals surface area contributed by atoms with Crippen molar-refractivity contribution in [1.29, 1.82) is 0 Å². The summed E-state index contributed by atoms with van der Waals surface area (Å²) in [6.07, 6.45) is 1.75. The summed E-state index contributed by atoms with van der Waals surface area (Å²) in [7, 11) is 0. The van der Waals surface area contributed by atoms with Crippen molar-refractivity contribution in [3.63, 3.8) is 0 Å². The Bertz CT molecular complexity index is 656. The van der Waals surface area contributed by atoms with Gasteiger partial charge in [-0.2, -0.15) is 0 Å². The maximum absolute atomic E-state index is 4.52. The van der Waals surface area contributed by atoms with Crippen LogP contribution in [0.5, 0.6) is 0 Å². The zero-order valence-electron chi connectivity index (χ0n) is 10.1. The zero-order valence-corrected chi connectivity index (χ0v) is 10.1. The summed E-state index contributed by atoms with van der Waals surface area (Å²) in [5.74, 6) is 0.749. The molecular formula is C15H13N3. The van der Waals surface area contributed by atoms with Gasteiger partial charge in [-0.05, 0) is 18.6 Å². The summed E-state index contributed by atoms with van der Waals surface area (Å²) in [5, 5.41) is 4.52. The van der Waals surface area contributed by atoms with Gasteiger partial charge in [-0.3, -0.25) is 0 Å². The molecule has 0 N–H and O–H groups in total. The smallest absolute Gasteiger partial charge is 0.181 e. The van der Waals surface area contributed by atoms with Crippen molar-refractivity contribution in [3.05, 3.63) is 66.5 Å². The molecular weight excluding hydrogens is 222 g/mol. The van der Waals surface area contributed by atoms with Gasteiger partial charge in [0.25, 0.3) is 0 Å².